The summed E-state index contributed by atoms with van der Waals surface area (Å²) < 4.78 is 55.0. The second kappa shape index (κ2) is 7.54. The molecule has 29 heavy (non-hydrogen) atoms. The van der Waals surface area contributed by atoms with E-state index in [1.54, 1.807) is 6.07 Å². The minimum Gasteiger partial charge on any atom is -0.493 e. The van der Waals surface area contributed by atoms with Gasteiger partial charge in [-0.1, -0.05) is 18.2 Å². The van der Waals surface area contributed by atoms with E-state index in [1.807, 2.05) is 0 Å². The molecule has 0 amide bonds. The van der Waals surface area contributed by atoms with Gasteiger partial charge in [0.25, 0.3) is 0 Å². The topological polar surface area (TPSA) is 143 Å². The number of rotatable bonds is 6. The SMILES string of the molecule is COc1cc2c(cc1OC)C(C)(O[Cl+3]([O-])([O-])[O-])OC(c1ccccc1C(=O)O)=C2. The second-order valence-corrected chi connectivity index (χ2v) is 7.07. The lowest BCUT2D eigenvalue weighted by Gasteiger charge is -2.33. The first kappa shape index (κ1) is 20.9. The maximum Gasteiger partial charge on any atom is 0.386 e. The van der Waals surface area contributed by atoms with Crippen LogP contribution in [0.5, 0.6) is 11.5 Å². The Morgan fingerprint density at radius 3 is 2.31 bits per heavy atom. The molecule has 0 radical (unpaired) electrons. The number of carboxylic acids is 1. The normalized spacial score (nSPS) is 18.3. The van der Waals surface area contributed by atoms with Crippen molar-refractivity contribution in [1.82, 2.24) is 0 Å². The molecule has 1 atom stereocenters. The van der Waals surface area contributed by atoms with E-state index in [-0.39, 0.29) is 28.2 Å². The van der Waals surface area contributed by atoms with Crippen LogP contribution < -0.4 is 23.5 Å². The molecule has 0 saturated carbocycles. The van der Waals surface area contributed by atoms with Gasteiger partial charge in [0.1, 0.15) is 10.0 Å². The van der Waals surface area contributed by atoms with E-state index < -0.39 is 22.0 Å². The lowest BCUT2D eigenvalue weighted by Crippen LogP contribution is -2.64. The Balaban J connectivity index is 2.25. The number of benzene rings is 2. The summed E-state index contributed by atoms with van der Waals surface area (Å²) in [6.07, 6.45) is 1.50. The Hall–Kier alpha value is -2.82. The molecule has 0 saturated heterocycles. The van der Waals surface area contributed by atoms with Gasteiger partial charge in [0.15, 0.2) is 11.5 Å². The predicted octanol–water partition coefficient (Wildman–Crippen LogP) is 0.0169. The lowest BCUT2D eigenvalue weighted by molar-refractivity contribution is -1.92. The van der Waals surface area contributed by atoms with Gasteiger partial charge in [0.05, 0.1) is 35.6 Å². The quantitative estimate of drug-likeness (QED) is 0.678. The zero-order valence-corrected chi connectivity index (χ0v) is 16.4. The highest BCUT2D eigenvalue weighted by Gasteiger charge is 2.50. The van der Waals surface area contributed by atoms with Crippen LogP contribution in [0.4, 0.5) is 0 Å². The summed E-state index contributed by atoms with van der Waals surface area (Å²) in [6, 6.07) is 8.95. The van der Waals surface area contributed by atoms with Crippen molar-refractivity contribution in [1.29, 1.82) is 0 Å². The van der Waals surface area contributed by atoms with Crippen molar-refractivity contribution in [3.8, 4) is 11.5 Å². The van der Waals surface area contributed by atoms with Gasteiger partial charge < -0.3 is 19.3 Å². The van der Waals surface area contributed by atoms with Gasteiger partial charge in [0, 0.05) is 12.5 Å². The van der Waals surface area contributed by atoms with Crippen molar-refractivity contribution in [2.45, 2.75) is 12.7 Å². The molecule has 1 N–H and O–H groups in total. The molecule has 0 aliphatic carbocycles. The Morgan fingerprint density at radius 2 is 1.72 bits per heavy atom. The summed E-state index contributed by atoms with van der Waals surface area (Å²) in [5.74, 6) is -2.69. The predicted molar refractivity (Wildman–Crippen MR) is 90.3 cm³/mol. The van der Waals surface area contributed by atoms with Crippen LogP contribution in [0.25, 0.3) is 11.8 Å². The largest absolute Gasteiger partial charge is 0.493 e. The molecule has 2 aromatic carbocycles. The molecule has 1 aliphatic heterocycles. The van der Waals surface area contributed by atoms with E-state index in [1.165, 1.54) is 57.6 Å². The van der Waals surface area contributed by atoms with Gasteiger partial charge in [-0.25, -0.2) is 4.79 Å². The molecule has 0 spiro atoms. The molecule has 9 nitrogen and oxygen atoms in total. The van der Waals surface area contributed by atoms with Gasteiger partial charge in [0.2, 0.25) is 0 Å². The molecular weight excluding hydrogens is 408 g/mol. The number of carboxylic acid groups (broad SMARTS) is 1. The fraction of sp³-hybridized carbons (Fsp3) is 0.211. The number of halogens is 1. The summed E-state index contributed by atoms with van der Waals surface area (Å²) in [5, 5.41) is 9.46. The fourth-order valence-electron chi connectivity index (χ4n) is 3.10. The second-order valence-electron chi connectivity index (χ2n) is 6.16. The summed E-state index contributed by atoms with van der Waals surface area (Å²) in [7, 11) is -2.07. The number of carbonyl (C=O) groups is 1. The first-order valence-corrected chi connectivity index (χ1v) is 9.43. The van der Waals surface area contributed by atoms with Crippen LogP contribution >= 0.6 is 0 Å². The molecule has 0 fully saturated rings. The number of methoxy groups -OCH3 is 2. The zero-order chi connectivity index (χ0) is 21.4. The van der Waals surface area contributed by atoms with Crippen LogP contribution in [-0.2, 0) is 14.8 Å². The highest BCUT2D eigenvalue weighted by Crippen LogP contribution is 2.46. The van der Waals surface area contributed by atoms with Crippen LogP contribution in [0.1, 0.15) is 34.0 Å². The molecule has 1 unspecified atom stereocenters. The van der Waals surface area contributed by atoms with Crippen molar-refractivity contribution in [3.63, 3.8) is 0 Å². The summed E-state index contributed by atoms with van der Waals surface area (Å²) in [4.78, 5) is 11.6. The smallest absolute Gasteiger partial charge is 0.386 e. The van der Waals surface area contributed by atoms with Crippen LogP contribution in [0.15, 0.2) is 36.4 Å². The minimum atomic E-state index is -4.88. The first-order chi connectivity index (χ1) is 13.6. The number of ether oxygens (including phenoxy) is 3. The van der Waals surface area contributed by atoms with E-state index in [2.05, 4.69) is 0 Å². The maximum atomic E-state index is 11.6. The van der Waals surface area contributed by atoms with Crippen molar-refractivity contribution < 1.29 is 52.6 Å². The van der Waals surface area contributed by atoms with Crippen molar-refractivity contribution >= 4 is 17.8 Å². The molecule has 0 bridgehead atoms. The van der Waals surface area contributed by atoms with Crippen molar-refractivity contribution in [2.75, 3.05) is 14.2 Å². The lowest BCUT2D eigenvalue weighted by atomic mass is 9.94. The highest BCUT2D eigenvalue weighted by molar-refractivity contribution is 5.96. The third-order valence-corrected chi connectivity index (χ3v) is 4.78. The molecule has 154 valence electrons. The maximum absolute atomic E-state index is 11.6. The average molecular weight is 425 g/mol. The van der Waals surface area contributed by atoms with E-state index in [9.17, 15) is 23.9 Å². The van der Waals surface area contributed by atoms with E-state index in [0.717, 1.165) is 0 Å². The Morgan fingerprint density at radius 1 is 1.10 bits per heavy atom. The molecule has 1 heterocycles. The van der Waals surface area contributed by atoms with E-state index in [0.29, 0.717) is 11.3 Å². The van der Waals surface area contributed by atoms with Crippen molar-refractivity contribution in [2.24, 2.45) is 0 Å². The zero-order valence-electron chi connectivity index (χ0n) is 15.6. The Labute approximate surface area is 168 Å². The van der Waals surface area contributed by atoms with Crippen LogP contribution in [0, 0.1) is 10.2 Å². The van der Waals surface area contributed by atoms with E-state index >= 15 is 0 Å². The summed E-state index contributed by atoms with van der Waals surface area (Å²) >= 11 is 0. The van der Waals surface area contributed by atoms with Gasteiger partial charge in [-0.05, 0) is 29.8 Å². The average Bonchev–Trinajstić information content (AvgIpc) is 2.65. The van der Waals surface area contributed by atoms with Crippen molar-refractivity contribution in [3.05, 3.63) is 58.7 Å². The molecule has 3 rings (SSSR count). The number of fused-ring (bicyclic) bond motifs is 1. The van der Waals surface area contributed by atoms with Crippen LogP contribution in [0.2, 0.25) is 0 Å². The fourth-order valence-corrected chi connectivity index (χ4v) is 3.57. The molecule has 10 heteroatoms. The van der Waals surface area contributed by atoms with Crippen LogP contribution in [0.3, 0.4) is 0 Å². The Kier molecular flexibility index (Phi) is 5.44. The molecule has 2 aromatic rings. The highest BCUT2D eigenvalue weighted by atomic mass is 35.7. The number of hydrogen-bond acceptors (Lipinski definition) is 8. The van der Waals surface area contributed by atoms with Gasteiger partial charge in [-0.3, -0.25) is 0 Å². The summed E-state index contributed by atoms with van der Waals surface area (Å²) in [5.41, 5.74) is 0.673. The van der Waals surface area contributed by atoms with Crippen LogP contribution in [-0.4, -0.2) is 25.3 Å². The Bertz CT molecular complexity index is 980. The van der Waals surface area contributed by atoms with Gasteiger partial charge in [-0.2, -0.15) is 14.0 Å². The number of aromatic carboxylic acids is 1. The first-order valence-electron chi connectivity index (χ1n) is 8.19. The summed E-state index contributed by atoms with van der Waals surface area (Å²) in [6.45, 7) is 1.23. The molecule has 1 aliphatic rings. The third kappa shape index (κ3) is 4.14. The minimum absolute atomic E-state index is 0.00377. The molecular formula is C19H17ClO9. The molecule has 0 aromatic heterocycles. The standard InChI is InChI=1S/C19H17ClO9/c1-19(29-20(23,24)25)14-10-17(27-3)16(26-2)9-11(14)8-15(28-19)12-6-4-5-7-13(12)18(21)22/h4-10H,1-3H3,(H,21,22). The van der Waals surface area contributed by atoms with Gasteiger partial charge in [-0.15, -0.1) is 0 Å². The van der Waals surface area contributed by atoms with Gasteiger partial charge >= 0.3 is 11.8 Å². The third-order valence-electron chi connectivity index (χ3n) is 4.30. The number of hydrogen-bond donors (Lipinski definition) is 1. The van der Waals surface area contributed by atoms with E-state index in [4.69, 9.17) is 18.5 Å². The monoisotopic (exact) mass is 424 g/mol.